The van der Waals surface area contributed by atoms with Gasteiger partial charge in [0.15, 0.2) is 0 Å². The first-order valence-corrected chi connectivity index (χ1v) is 7.84. The van der Waals surface area contributed by atoms with Crippen LogP contribution in [0.15, 0.2) is 48.5 Å². The lowest BCUT2D eigenvalue weighted by atomic mass is 10.0. The lowest BCUT2D eigenvalue weighted by Gasteiger charge is -2.02. The molecule has 1 aromatic heterocycles. The van der Waals surface area contributed by atoms with Crippen LogP contribution in [0, 0.1) is 11.3 Å². The minimum atomic E-state index is 0.785. The van der Waals surface area contributed by atoms with Gasteiger partial charge in [0, 0.05) is 21.0 Å². The molecule has 3 heteroatoms. The van der Waals surface area contributed by atoms with Crippen LogP contribution in [0.1, 0.15) is 10.4 Å². The van der Waals surface area contributed by atoms with E-state index in [4.69, 9.17) is 0 Å². The van der Waals surface area contributed by atoms with Crippen LogP contribution in [0.3, 0.4) is 0 Å². The van der Waals surface area contributed by atoms with Gasteiger partial charge < -0.3 is 0 Å². The Labute approximate surface area is 124 Å². The molecule has 2 aromatic carbocycles. The maximum atomic E-state index is 9.33. The van der Waals surface area contributed by atoms with Crippen molar-refractivity contribution in [2.75, 3.05) is 0 Å². The third-order valence-corrected chi connectivity index (χ3v) is 4.82. The minimum absolute atomic E-state index is 0.785. The highest BCUT2D eigenvalue weighted by Gasteiger charge is 2.13. The fourth-order valence-electron chi connectivity index (χ4n) is 2.17. The Bertz CT molecular complexity index is 766. The number of hydrogen-bond donors (Lipinski definition) is 0. The number of hydrogen-bond acceptors (Lipinski definition) is 2. The normalized spacial score (nSPS) is 10.5. The second-order valence-electron chi connectivity index (χ2n) is 4.24. The van der Waals surface area contributed by atoms with Crippen LogP contribution < -0.4 is 0 Å². The molecule has 0 amide bonds. The average molecular weight is 328 g/mol. The Balaban J connectivity index is 2.25. The van der Waals surface area contributed by atoms with Crippen molar-refractivity contribution >= 4 is 37.4 Å². The average Bonchev–Trinajstić information content (AvgIpc) is 2.86. The van der Waals surface area contributed by atoms with Crippen molar-refractivity contribution in [3.05, 3.63) is 59.0 Å². The molecular formula is C16H10BrNS. The summed E-state index contributed by atoms with van der Waals surface area (Å²) in [7, 11) is 0. The van der Waals surface area contributed by atoms with Crippen molar-refractivity contribution in [2.24, 2.45) is 0 Å². The molecule has 0 aliphatic rings. The van der Waals surface area contributed by atoms with E-state index in [0.29, 0.717) is 0 Å². The van der Waals surface area contributed by atoms with Gasteiger partial charge in [-0.3, -0.25) is 0 Å². The summed E-state index contributed by atoms with van der Waals surface area (Å²) in [6.45, 7) is 0. The molecule has 0 atom stereocenters. The van der Waals surface area contributed by atoms with Crippen LogP contribution in [0.5, 0.6) is 0 Å². The van der Waals surface area contributed by atoms with Crippen LogP contribution >= 0.6 is 27.3 Å². The van der Waals surface area contributed by atoms with E-state index in [1.165, 1.54) is 10.3 Å². The molecule has 0 radical (unpaired) electrons. The van der Waals surface area contributed by atoms with E-state index >= 15 is 0 Å². The molecule has 92 valence electrons. The predicted molar refractivity (Wildman–Crippen MR) is 84.6 cm³/mol. The molecule has 0 unspecified atom stereocenters. The monoisotopic (exact) mass is 327 g/mol. The summed E-state index contributed by atoms with van der Waals surface area (Å²) >= 11 is 5.01. The van der Waals surface area contributed by atoms with Gasteiger partial charge in [-0.25, -0.2) is 0 Å². The molecule has 0 aliphatic carbocycles. The summed E-state index contributed by atoms with van der Waals surface area (Å²) in [6.07, 6.45) is 0. The summed E-state index contributed by atoms with van der Waals surface area (Å²) < 4.78 is 1.17. The second kappa shape index (κ2) is 5.16. The van der Waals surface area contributed by atoms with Gasteiger partial charge in [-0.1, -0.05) is 58.4 Å². The standard InChI is InChI=1S/C16H10BrNS/c17-9-11-5-7-12(8-6-11)16-13-3-1-2-4-14(13)19-15(16)10-18/h1-8H,9H2. The zero-order chi connectivity index (χ0) is 13.2. The first kappa shape index (κ1) is 12.4. The molecule has 1 nitrogen and oxygen atoms in total. The highest BCUT2D eigenvalue weighted by molar-refractivity contribution is 9.08. The zero-order valence-electron chi connectivity index (χ0n) is 10.1. The Morgan fingerprint density at radius 2 is 1.79 bits per heavy atom. The number of thiophene rings is 1. The number of fused-ring (bicyclic) bond motifs is 1. The number of benzene rings is 2. The number of alkyl halides is 1. The van der Waals surface area contributed by atoms with Crippen LogP contribution in [-0.4, -0.2) is 0 Å². The molecule has 0 aliphatic heterocycles. The van der Waals surface area contributed by atoms with Gasteiger partial charge in [0.05, 0.1) is 0 Å². The third kappa shape index (κ3) is 2.18. The number of nitriles is 1. The van der Waals surface area contributed by atoms with Crippen molar-refractivity contribution in [2.45, 2.75) is 5.33 Å². The zero-order valence-corrected chi connectivity index (χ0v) is 12.5. The Morgan fingerprint density at radius 3 is 2.47 bits per heavy atom. The Kier molecular flexibility index (Phi) is 3.37. The highest BCUT2D eigenvalue weighted by atomic mass is 79.9. The minimum Gasteiger partial charge on any atom is -0.192 e. The van der Waals surface area contributed by atoms with Crippen LogP contribution in [-0.2, 0) is 5.33 Å². The lowest BCUT2D eigenvalue weighted by molar-refractivity contribution is 1.44. The summed E-state index contributed by atoms with van der Waals surface area (Å²) in [5.74, 6) is 0. The fourth-order valence-corrected chi connectivity index (χ4v) is 3.57. The molecule has 0 bridgehead atoms. The fraction of sp³-hybridized carbons (Fsp3) is 0.0625. The van der Waals surface area contributed by atoms with E-state index in [1.807, 2.05) is 12.1 Å². The molecular weight excluding hydrogens is 318 g/mol. The highest BCUT2D eigenvalue weighted by Crippen LogP contribution is 2.38. The summed E-state index contributed by atoms with van der Waals surface area (Å²) in [4.78, 5) is 0.785. The van der Waals surface area contributed by atoms with Gasteiger partial charge in [0.2, 0.25) is 0 Å². The number of rotatable bonds is 2. The van der Waals surface area contributed by atoms with Crippen molar-refractivity contribution in [1.29, 1.82) is 5.26 Å². The molecule has 0 spiro atoms. The SMILES string of the molecule is N#Cc1sc2ccccc2c1-c1ccc(CBr)cc1. The van der Waals surface area contributed by atoms with E-state index in [9.17, 15) is 5.26 Å². The van der Waals surface area contributed by atoms with E-state index in [1.54, 1.807) is 11.3 Å². The maximum Gasteiger partial charge on any atom is 0.113 e. The van der Waals surface area contributed by atoms with Crippen LogP contribution in [0.2, 0.25) is 0 Å². The van der Waals surface area contributed by atoms with Crippen LogP contribution in [0.4, 0.5) is 0 Å². The first-order chi connectivity index (χ1) is 9.33. The van der Waals surface area contributed by atoms with E-state index in [0.717, 1.165) is 26.7 Å². The molecule has 3 rings (SSSR count). The van der Waals surface area contributed by atoms with Crippen molar-refractivity contribution in [3.63, 3.8) is 0 Å². The second-order valence-corrected chi connectivity index (χ2v) is 5.86. The largest absolute Gasteiger partial charge is 0.192 e. The molecule has 3 aromatic rings. The molecule has 0 fully saturated rings. The van der Waals surface area contributed by atoms with Gasteiger partial charge in [0.1, 0.15) is 10.9 Å². The number of nitrogens with zero attached hydrogens (tertiary/aromatic N) is 1. The quantitative estimate of drug-likeness (QED) is 0.583. The molecule has 0 N–H and O–H groups in total. The molecule has 19 heavy (non-hydrogen) atoms. The first-order valence-electron chi connectivity index (χ1n) is 5.90. The number of halogens is 1. The topological polar surface area (TPSA) is 23.8 Å². The summed E-state index contributed by atoms with van der Waals surface area (Å²) in [6, 6.07) is 18.9. The van der Waals surface area contributed by atoms with Crippen molar-refractivity contribution in [1.82, 2.24) is 0 Å². The smallest absolute Gasteiger partial charge is 0.113 e. The predicted octanol–water partition coefficient (Wildman–Crippen LogP) is 5.33. The lowest BCUT2D eigenvalue weighted by Crippen LogP contribution is -1.81. The van der Waals surface area contributed by atoms with Gasteiger partial charge >= 0.3 is 0 Å². The molecule has 1 heterocycles. The molecule has 0 saturated carbocycles. The van der Waals surface area contributed by atoms with E-state index < -0.39 is 0 Å². The summed E-state index contributed by atoms with van der Waals surface area (Å²) in [5.41, 5.74) is 3.41. The third-order valence-electron chi connectivity index (χ3n) is 3.09. The van der Waals surface area contributed by atoms with E-state index in [2.05, 4.69) is 58.4 Å². The molecule has 0 saturated heterocycles. The Hall–Kier alpha value is -1.63. The van der Waals surface area contributed by atoms with Gasteiger partial charge in [-0.2, -0.15) is 5.26 Å². The summed E-state index contributed by atoms with van der Waals surface area (Å²) in [5, 5.41) is 11.3. The van der Waals surface area contributed by atoms with Gasteiger partial charge in [0.25, 0.3) is 0 Å². The van der Waals surface area contributed by atoms with Gasteiger partial charge in [-0.15, -0.1) is 11.3 Å². The Morgan fingerprint density at radius 1 is 1.05 bits per heavy atom. The van der Waals surface area contributed by atoms with Crippen molar-refractivity contribution in [3.8, 4) is 17.2 Å². The maximum absolute atomic E-state index is 9.33. The van der Waals surface area contributed by atoms with Gasteiger partial charge in [-0.05, 0) is 17.2 Å². The van der Waals surface area contributed by atoms with E-state index in [-0.39, 0.29) is 0 Å². The van der Waals surface area contributed by atoms with Crippen molar-refractivity contribution < 1.29 is 0 Å². The van der Waals surface area contributed by atoms with Crippen LogP contribution in [0.25, 0.3) is 21.2 Å².